The van der Waals surface area contributed by atoms with Crippen molar-refractivity contribution < 1.29 is 4.74 Å². The molecule has 0 fully saturated rings. The van der Waals surface area contributed by atoms with Gasteiger partial charge < -0.3 is 15.4 Å². The van der Waals surface area contributed by atoms with Crippen LogP contribution in [0.25, 0.3) is 0 Å². The molecule has 0 aliphatic carbocycles. The first-order valence-corrected chi connectivity index (χ1v) is 9.24. The molecule has 0 saturated heterocycles. The molecule has 0 unspecified atom stereocenters. The molecular weight excluding hydrogens is 336 g/mol. The third-order valence-corrected chi connectivity index (χ3v) is 4.00. The van der Waals surface area contributed by atoms with Crippen LogP contribution >= 0.6 is 0 Å². The summed E-state index contributed by atoms with van der Waals surface area (Å²) in [5, 5.41) is 6.66. The minimum absolute atomic E-state index is 0.0920. The van der Waals surface area contributed by atoms with Gasteiger partial charge in [0.2, 0.25) is 5.95 Å². The molecule has 0 saturated carbocycles. The van der Waals surface area contributed by atoms with Gasteiger partial charge in [0.25, 0.3) is 0 Å². The fraction of sp³-hybridized carbons (Fsp3) is 0.273. The van der Waals surface area contributed by atoms with Crippen LogP contribution in [-0.4, -0.2) is 16.1 Å². The Bertz CT molecular complexity index is 893. The number of hydrogen-bond acceptors (Lipinski definition) is 5. The number of benzene rings is 2. The second kappa shape index (κ2) is 8.54. The van der Waals surface area contributed by atoms with Crippen LogP contribution in [0.15, 0.2) is 60.8 Å². The Hall–Kier alpha value is -3.08. The highest BCUT2D eigenvalue weighted by molar-refractivity contribution is 5.65. The van der Waals surface area contributed by atoms with Crippen LogP contribution in [0.2, 0.25) is 0 Å². The van der Waals surface area contributed by atoms with Crippen LogP contribution in [0.3, 0.4) is 0 Å². The van der Waals surface area contributed by atoms with Crippen LogP contribution < -0.4 is 15.4 Å². The van der Waals surface area contributed by atoms with Crippen LogP contribution in [0, 0.1) is 0 Å². The van der Waals surface area contributed by atoms with Gasteiger partial charge in [-0.3, -0.25) is 0 Å². The van der Waals surface area contributed by atoms with Crippen molar-refractivity contribution in [3.05, 3.63) is 66.4 Å². The summed E-state index contributed by atoms with van der Waals surface area (Å²) < 4.78 is 5.85. The maximum atomic E-state index is 5.85. The number of para-hydroxylation sites is 3. The van der Waals surface area contributed by atoms with Crippen molar-refractivity contribution in [1.82, 2.24) is 9.97 Å². The zero-order valence-corrected chi connectivity index (χ0v) is 16.2. The number of hydrogen-bond donors (Lipinski definition) is 2. The van der Waals surface area contributed by atoms with E-state index < -0.39 is 0 Å². The zero-order valence-electron chi connectivity index (χ0n) is 16.2. The van der Waals surface area contributed by atoms with Crippen molar-refractivity contribution in [1.29, 1.82) is 0 Å². The van der Waals surface area contributed by atoms with Gasteiger partial charge in [0.15, 0.2) is 0 Å². The van der Waals surface area contributed by atoms with Gasteiger partial charge in [-0.2, -0.15) is 4.98 Å². The van der Waals surface area contributed by atoms with Gasteiger partial charge in [-0.1, -0.05) is 44.2 Å². The van der Waals surface area contributed by atoms with Crippen molar-refractivity contribution >= 4 is 23.1 Å². The van der Waals surface area contributed by atoms with E-state index in [9.17, 15) is 0 Å². The zero-order chi connectivity index (χ0) is 19.2. The molecule has 140 valence electrons. The molecular formula is C22H26N4O. The first-order valence-electron chi connectivity index (χ1n) is 9.24. The summed E-state index contributed by atoms with van der Waals surface area (Å²) in [5.41, 5.74) is 3.15. The van der Waals surface area contributed by atoms with Crippen LogP contribution in [0.4, 0.5) is 23.1 Å². The number of ether oxygens (including phenoxy) is 1. The fourth-order valence-corrected chi connectivity index (χ4v) is 2.79. The summed E-state index contributed by atoms with van der Waals surface area (Å²) in [4.78, 5) is 8.93. The molecule has 27 heavy (non-hydrogen) atoms. The standard InChI is InChI=1S/C22H26N4O/c1-15(2)17-9-5-6-10-18(17)24-21-13-14-23-22(26-21)25-19-11-7-8-12-20(19)27-16(3)4/h5-16H,1-4H3,(H2,23,24,25,26). The first kappa shape index (κ1) is 18.7. The molecule has 2 N–H and O–H groups in total. The average molecular weight is 362 g/mol. The van der Waals surface area contributed by atoms with E-state index in [2.05, 4.69) is 52.6 Å². The van der Waals surface area contributed by atoms with Crippen LogP contribution in [-0.2, 0) is 0 Å². The van der Waals surface area contributed by atoms with Crippen molar-refractivity contribution in [2.24, 2.45) is 0 Å². The normalized spacial score (nSPS) is 10.9. The Kier molecular flexibility index (Phi) is 5.91. The molecule has 0 amide bonds. The van der Waals surface area contributed by atoms with Gasteiger partial charge in [-0.25, -0.2) is 4.98 Å². The Morgan fingerprint density at radius 1 is 0.815 bits per heavy atom. The summed E-state index contributed by atoms with van der Waals surface area (Å²) in [6, 6.07) is 17.9. The predicted octanol–water partition coefficient (Wildman–Crippen LogP) is 5.87. The molecule has 3 rings (SSSR count). The highest BCUT2D eigenvalue weighted by atomic mass is 16.5. The molecule has 3 aromatic rings. The second-order valence-electron chi connectivity index (χ2n) is 6.92. The van der Waals surface area contributed by atoms with Crippen LogP contribution in [0.5, 0.6) is 5.75 Å². The van der Waals surface area contributed by atoms with Crippen molar-refractivity contribution in [3.8, 4) is 5.75 Å². The van der Waals surface area contributed by atoms with Gasteiger partial charge in [0, 0.05) is 11.9 Å². The first-order chi connectivity index (χ1) is 13.0. The van der Waals surface area contributed by atoms with E-state index in [1.54, 1.807) is 6.20 Å². The summed E-state index contributed by atoms with van der Waals surface area (Å²) in [7, 11) is 0. The Morgan fingerprint density at radius 2 is 1.52 bits per heavy atom. The predicted molar refractivity (Wildman–Crippen MR) is 111 cm³/mol. The summed E-state index contributed by atoms with van der Waals surface area (Å²) in [5.74, 6) is 2.46. The lowest BCUT2D eigenvalue weighted by atomic mass is 10.0. The fourth-order valence-electron chi connectivity index (χ4n) is 2.79. The maximum absolute atomic E-state index is 5.85. The highest BCUT2D eigenvalue weighted by Gasteiger charge is 2.09. The number of rotatable bonds is 7. The van der Waals surface area contributed by atoms with Gasteiger partial charge in [-0.15, -0.1) is 0 Å². The van der Waals surface area contributed by atoms with Crippen LogP contribution in [0.1, 0.15) is 39.2 Å². The monoisotopic (exact) mass is 362 g/mol. The van der Waals surface area contributed by atoms with Gasteiger partial charge >= 0.3 is 0 Å². The topological polar surface area (TPSA) is 59.1 Å². The Labute approximate surface area is 160 Å². The van der Waals surface area contributed by atoms with Crippen molar-refractivity contribution in [3.63, 3.8) is 0 Å². The molecule has 1 aromatic heterocycles. The Morgan fingerprint density at radius 3 is 2.26 bits per heavy atom. The minimum atomic E-state index is 0.0920. The highest BCUT2D eigenvalue weighted by Crippen LogP contribution is 2.29. The van der Waals surface area contributed by atoms with Crippen molar-refractivity contribution in [2.75, 3.05) is 10.6 Å². The van der Waals surface area contributed by atoms with Gasteiger partial charge in [-0.05, 0) is 49.6 Å². The molecule has 0 aliphatic heterocycles. The number of aromatic nitrogens is 2. The molecule has 0 aliphatic rings. The lowest BCUT2D eigenvalue weighted by molar-refractivity contribution is 0.244. The largest absolute Gasteiger partial charge is 0.489 e. The quantitative estimate of drug-likeness (QED) is 0.550. The summed E-state index contributed by atoms with van der Waals surface area (Å²) in [6.07, 6.45) is 1.83. The van der Waals surface area contributed by atoms with E-state index in [1.807, 2.05) is 50.2 Å². The molecule has 0 radical (unpaired) electrons. The summed E-state index contributed by atoms with van der Waals surface area (Å²) in [6.45, 7) is 8.37. The second-order valence-corrected chi connectivity index (χ2v) is 6.92. The van der Waals surface area contributed by atoms with E-state index >= 15 is 0 Å². The maximum Gasteiger partial charge on any atom is 0.229 e. The third-order valence-electron chi connectivity index (χ3n) is 4.00. The lowest BCUT2D eigenvalue weighted by Gasteiger charge is -2.16. The minimum Gasteiger partial charge on any atom is -0.489 e. The molecule has 0 atom stereocenters. The summed E-state index contributed by atoms with van der Waals surface area (Å²) >= 11 is 0. The van der Waals surface area contributed by atoms with Crippen molar-refractivity contribution in [2.45, 2.75) is 39.7 Å². The molecule has 5 heteroatoms. The van der Waals surface area contributed by atoms with Gasteiger partial charge in [0.05, 0.1) is 11.8 Å². The molecule has 5 nitrogen and oxygen atoms in total. The molecule has 0 bridgehead atoms. The number of nitrogens with zero attached hydrogens (tertiary/aromatic N) is 2. The SMILES string of the molecule is CC(C)Oc1ccccc1Nc1nccc(Nc2ccccc2C(C)C)n1. The van der Waals surface area contributed by atoms with E-state index in [0.717, 1.165) is 22.9 Å². The van der Waals surface area contributed by atoms with E-state index in [1.165, 1.54) is 5.56 Å². The average Bonchev–Trinajstić information content (AvgIpc) is 2.63. The molecule has 1 heterocycles. The number of nitrogens with one attached hydrogen (secondary N) is 2. The van der Waals surface area contributed by atoms with Gasteiger partial charge in [0.1, 0.15) is 11.6 Å². The molecule has 2 aromatic carbocycles. The lowest BCUT2D eigenvalue weighted by Crippen LogP contribution is -2.08. The Balaban J connectivity index is 1.81. The van der Waals surface area contributed by atoms with E-state index in [-0.39, 0.29) is 6.10 Å². The van der Waals surface area contributed by atoms with E-state index in [0.29, 0.717) is 11.9 Å². The third kappa shape index (κ3) is 4.97. The number of anilines is 4. The molecule has 0 spiro atoms. The van der Waals surface area contributed by atoms with E-state index in [4.69, 9.17) is 4.74 Å². The smallest absolute Gasteiger partial charge is 0.229 e.